The van der Waals surface area contributed by atoms with Gasteiger partial charge in [-0.15, -0.1) is 5.10 Å². The van der Waals surface area contributed by atoms with Crippen LogP contribution < -0.4 is 5.32 Å². The maximum Gasteiger partial charge on any atom is 0.143 e. The van der Waals surface area contributed by atoms with Crippen molar-refractivity contribution in [2.45, 2.75) is 52.0 Å². The third-order valence-corrected chi connectivity index (χ3v) is 4.60. The van der Waals surface area contributed by atoms with E-state index in [1.54, 1.807) is 11.0 Å². The van der Waals surface area contributed by atoms with E-state index in [2.05, 4.69) is 52.9 Å². The third-order valence-electron chi connectivity index (χ3n) is 4.60. The molecule has 0 radical (unpaired) electrons. The van der Waals surface area contributed by atoms with E-state index in [0.717, 1.165) is 17.3 Å². The van der Waals surface area contributed by atoms with E-state index in [-0.39, 0.29) is 0 Å². The summed E-state index contributed by atoms with van der Waals surface area (Å²) in [6.07, 6.45) is 8.19. The van der Waals surface area contributed by atoms with Gasteiger partial charge >= 0.3 is 0 Å². The van der Waals surface area contributed by atoms with Crippen molar-refractivity contribution in [1.29, 1.82) is 0 Å². The zero-order chi connectivity index (χ0) is 14.7. The topological polar surface area (TPSA) is 55.6 Å². The van der Waals surface area contributed by atoms with Crippen molar-refractivity contribution in [3.63, 3.8) is 0 Å². The van der Waals surface area contributed by atoms with Gasteiger partial charge in [0.1, 0.15) is 6.33 Å². The van der Waals surface area contributed by atoms with Crippen LogP contribution in [0, 0.1) is 12.8 Å². The molecular formula is C16H23N5. The van der Waals surface area contributed by atoms with Crippen LogP contribution in [-0.2, 0) is 0 Å². The summed E-state index contributed by atoms with van der Waals surface area (Å²) in [5.41, 5.74) is 3.36. The predicted octanol–water partition coefficient (Wildman–Crippen LogP) is 3.35. The Morgan fingerprint density at radius 3 is 2.71 bits per heavy atom. The molecule has 1 N–H and O–H groups in total. The normalized spacial score (nSPS) is 22.2. The Labute approximate surface area is 125 Å². The van der Waals surface area contributed by atoms with Crippen molar-refractivity contribution in [1.82, 2.24) is 20.2 Å². The van der Waals surface area contributed by atoms with Crippen LogP contribution in [0.5, 0.6) is 0 Å². The molecule has 1 aromatic carbocycles. The first-order valence-corrected chi connectivity index (χ1v) is 7.87. The molecule has 1 aromatic heterocycles. The summed E-state index contributed by atoms with van der Waals surface area (Å²) in [5, 5.41) is 15.1. The molecule has 0 spiro atoms. The van der Waals surface area contributed by atoms with Crippen molar-refractivity contribution in [2.24, 2.45) is 5.92 Å². The smallest absolute Gasteiger partial charge is 0.143 e. The summed E-state index contributed by atoms with van der Waals surface area (Å²) in [5.74, 6) is 0.929. The van der Waals surface area contributed by atoms with Crippen molar-refractivity contribution < 1.29 is 0 Å². The van der Waals surface area contributed by atoms with E-state index in [0.29, 0.717) is 6.04 Å². The summed E-state index contributed by atoms with van der Waals surface area (Å²) in [6.45, 7) is 4.38. The molecule has 0 unspecified atom stereocenters. The van der Waals surface area contributed by atoms with Gasteiger partial charge in [-0.05, 0) is 66.6 Å². The highest BCUT2D eigenvalue weighted by Crippen LogP contribution is 2.29. The Kier molecular flexibility index (Phi) is 4.18. The summed E-state index contributed by atoms with van der Waals surface area (Å²) in [4.78, 5) is 0. The molecule has 3 rings (SSSR count). The average molecular weight is 285 g/mol. The van der Waals surface area contributed by atoms with Crippen molar-refractivity contribution in [3.8, 4) is 5.69 Å². The minimum absolute atomic E-state index is 0.595. The second kappa shape index (κ2) is 6.24. The van der Waals surface area contributed by atoms with E-state index < -0.39 is 0 Å². The molecule has 5 nitrogen and oxygen atoms in total. The van der Waals surface area contributed by atoms with E-state index >= 15 is 0 Å². The Morgan fingerprint density at radius 2 is 2.05 bits per heavy atom. The number of aryl methyl sites for hydroxylation is 1. The van der Waals surface area contributed by atoms with Gasteiger partial charge in [0, 0.05) is 11.7 Å². The highest BCUT2D eigenvalue weighted by molar-refractivity contribution is 5.55. The summed E-state index contributed by atoms with van der Waals surface area (Å²) < 4.78 is 1.72. The van der Waals surface area contributed by atoms with Crippen molar-refractivity contribution >= 4 is 5.69 Å². The van der Waals surface area contributed by atoms with Crippen LogP contribution in [0.1, 0.15) is 44.6 Å². The molecule has 1 fully saturated rings. The van der Waals surface area contributed by atoms with E-state index in [4.69, 9.17) is 0 Å². The predicted molar refractivity (Wildman–Crippen MR) is 83.6 cm³/mol. The van der Waals surface area contributed by atoms with E-state index in [1.807, 2.05) is 0 Å². The average Bonchev–Trinajstić information content (AvgIpc) is 3.04. The first kappa shape index (κ1) is 14.0. The third kappa shape index (κ3) is 3.23. The van der Waals surface area contributed by atoms with Gasteiger partial charge in [-0.25, -0.2) is 4.68 Å². The van der Waals surface area contributed by atoms with Crippen molar-refractivity contribution in [2.75, 3.05) is 5.32 Å². The SMILES string of the molecule is CCC1CCC(Nc2ccc(C)c(-n3cnnn3)c2)CC1. The van der Waals surface area contributed by atoms with Gasteiger partial charge in [0.2, 0.25) is 0 Å². The fraction of sp³-hybridized carbons (Fsp3) is 0.562. The fourth-order valence-corrected chi connectivity index (χ4v) is 3.17. The van der Waals surface area contributed by atoms with Crippen LogP contribution in [0.15, 0.2) is 24.5 Å². The van der Waals surface area contributed by atoms with Crippen LogP contribution in [0.3, 0.4) is 0 Å². The van der Waals surface area contributed by atoms with Gasteiger partial charge in [-0.3, -0.25) is 0 Å². The van der Waals surface area contributed by atoms with Gasteiger partial charge in [-0.1, -0.05) is 19.4 Å². The van der Waals surface area contributed by atoms with Crippen molar-refractivity contribution in [3.05, 3.63) is 30.1 Å². The second-order valence-electron chi connectivity index (χ2n) is 6.03. The molecule has 0 saturated heterocycles. The minimum atomic E-state index is 0.595. The number of aromatic nitrogens is 4. The number of hydrogen-bond donors (Lipinski definition) is 1. The molecule has 1 aliphatic carbocycles. The Morgan fingerprint density at radius 1 is 1.24 bits per heavy atom. The number of hydrogen-bond acceptors (Lipinski definition) is 4. The highest BCUT2D eigenvalue weighted by Gasteiger charge is 2.19. The van der Waals surface area contributed by atoms with Crippen LogP contribution in [-0.4, -0.2) is 26.2 Å². The first-order chi connectivity index (χ1) is 10.3. The number of tetrazole rings is 1. The molecule has 1 saturated carbocycles. The lowest BCUT2D eigenvalue weighted by Crippen LogP contribution is -2.25. The molecule has 2 aromatic rings. The Balaban J connectivity index is 1.71. The van der Waals surface area contributed by atoms with Crippen LogP contribution in [0.25, 0.3) is 5.69 Å². The molecule has 0 amide bonds. The minimum Gasteiger partial charge on any atom is -0.382 e. The molecule has 5 heteroatoms. The number of rotatable bonds is 4. The number of nitrogens with zero attached hydrogens (tertiary/aromatic N) is 4. The first-order valence-electron chi connectivity index (χ1n) is 7.87. The fourth-order valence-electron chi connectivity index (χ4n) is 3.17. The van der Waals surface area contributed by atoms with Crippen LogP contribution in [0.4, 0.5) is 5.69 Å². The maximum atomic E-state index is 3.98. The lowest BCUT2D eigenvalue weighted by atomic mass is 9.84. The van der Waals surface area contributed by atoms with E-state index in [1.165, 1.54) is 37.7 Å². The number of anilines is 1. The number of nitrogens with one attached hydrogen (secondary N) is 1. The zero-order valence-electron chi connectivity index (χ0n) is 12.8. The van der Waals surface area contributed by atoms with Gasteiger partial charge in [-0.2, -0.15) is 0 Å². The highest BCUT2D eigenvalue weighted by atomic mass is 15.5. The summed E-state index contributed by atoms with van der Waals surface area (Å²) >= 11 is 0. The lowest BCUT2D eigenvalue weighted by Gasteiger charge is -2.29. The molecule has 1 heterocycles. The molecule has 0 aliphatic heterocycles. The zero-order valence-corrected chi connectivity index (χ0v) is 12.8. The monoisotopic (exact) mass is 285 g/mol. The molecule has 21 heavy (non-hydrogen) atoms. The van der Waals surface area contributed by atoms with Crippen LogP contribution in [0.2, 0.25) is 0 Å². The second-order valence-corrected chi connectivity index (χ2v) is 6.03. The van der Waals surface area contributed by atoms with Gasteiger partial charge < -0.3 is 5.32 Å². The van der Waals surface area contributed by atoms with Gasteiger partial charge in [0.25, 0.3) is 0 Å². The summed E-state index contributed by atoms with van der Waals surface area (Å²) in [7, 11) is 0. The lowest BCUT2D eigenvalue weighted by molar-refractivity contribution is 0.330. The Bertz CT molecular complexity index is 570. The largest absolute Gasteiger partial charge is 0.382 e. The van der Waals surface area contributed by atoms with Gasteiger partial charge in [0.15, 0.2) is 0 Å². The standard InChI is InChI=1S/C16H23N5/c1-3-13-5-8-14(9-6-13)18-15-7-4-12(2)16(10-15)21-11-17-19-20-21/h4,7,10-11,13-14,18H,3,5-6,8-9H2,1-2H3. The Hall–Kier alpha value is -1.91. The molecule has 1 aliphatic rings. The quantitative estimate of drug-likeness (QED) is 0.936. The van der Waals surface area contributed by atoms with E-state index in [9.17, 15) is 0 Å². The molecule has 0 atom stereocenters. The summed E-state index contributed by atoms with van der Waals surface area (Å²) in [6, 6.07) is 7.00. The number of benzene rings is 1. The molecule has 0 bridgehead atoms. The van der Waals surface area contributed by atoms with Crippen LogP contribution >= 0.6 is 0 Å². The molecular weight excluding hydrogens is 262 g/mol. The molecule has 112 valence electrons. The maximum absolute atomic E-state index is 3.98. The van der Waals surface area contributed by atoms with Gasteiger partial charge in [0.05, 0.1) is 5.69 Å².